The molecule has 1 aliphatic rings. The number of piperazine rings is 1. The normalized spacial score (nSPS) is 16.4. The van der Waals surface area contributed by atoms with Gasteiger partial charge in [-0.1, -0.05) is 54.6 Å². The Balaban J connectivity index is 1.34. The summed E-state index contributed by atoms with van der Waals surface area (Å²) >= 11 is 0. The lowest BCUT2D eigenvalue weighted by Gasteiger charge is -2.34. The number of amides is 2. The van der Waals surface area contributed by atoms with Gasteiger partial charge in [0.25, 0.3) is 0 Å². The molecule has 4 rings (SSSR count). The van der Waals surface area contributed by atoms with Crippen LogP contribution in [0.2, 0.25) is 0 Å². The maximum Gasteiger partial charge on any atom is 0.237 e. The van der Waals surface area contributed by atoms with E-state index < -0.39 is 6.04 Å². The number of hydrogen-bond acceptors (Lipinski definition) is 4. The molecule has 0 bridgehead atoms. The first kappa shape index (κ1) is 21.7. The Morgan fingerprint density at radius 1 is 0.969 bits per heavy atom. The lowest BCUT2D eigenvalue weighted by atomic mass is 10.0. The summed E-state index contributed by atoms with van der Waals surface area (Å²) in [5.41, 5.74) is 4.59. The van der Waals surface area contributed by atoms with Crippen molar-refractivity contribution < 1.29 is 9.59 Å². The van der Waals surface area contributed by atoms with Crippen molar-refractivity contribution in [1.29, 1.82) is 0 Å². The summed E-state index contributed by atoms with van der Waals surface area (Å²) in [6, 6.07) is 22.1. The summed E-state index contributed by atoms with van der Waals surface area (Å²) < 4.78 is 0. The van der Waals surface area contributed by atoms with E-state index in [1.807, 2.05) is 30.3 Å². The minimum absolute atomic E-state index is 0.0820. The van der Waals surface area contributed by atoms with E-state index in [0.717, 1.165) is 29.7 Å². The van der Waals surface area contributed by atoms with Crippen molar-refractivity contribution in [2.24, 2.45) is 0 Å². The molecule has 6 nitrogen and oxygen atoms in total. The standard InChI is InChI=1S/C26H28N4O2/c31-25(28-15-12-20-10-13-27-14-11-20)18-24-26(32)29-16-17-30(24)19-21-6-8-23(9-7-21)22-4-2-1-3-5-22/h1-11,13-14,24H,12,15-19H2,(H,28,31)(H,29,32). The summed E-state index contributed by atoms with van der Waals surface area (Å²) in [4.78, 5) is 31.1. The second kappa shape index (κ2) is 10.7. The van der Waals surface area contributed by atoms with E-state index in [0.29, 0.717) is 19.6 Å². The monoisotopic (exact) mass is 428 g/mol. The van der Waals surface area contributed by atoms with Crippen molar-refractivity contribution in [3.05, 3.63) is 90.3 Å². The number of hydrogen-bond donors (Lipinski definition) is 2. The fourth-order valence-corrected chi connectivity index (χ4v) is 3.98. The topological polar surface area (TPSA) is 74.3 Å². The molecule has 1 aliphatic heterocycles. The van der Waals surface area contributed by atoms with E-state index in [1.54, 1.807) is 12.4 Å². The summed E-state index contributed by atoms with van der Waals surface area (Å²) in [5.74, 6) is -0.188. The van der Waals surface area contributed by atoms with E-state index in [4.69, 9.17) is 0 Å². The molecule has 3 aromatic rings. The molecule has 0 saturated carbocycles. The molecule has 2 heterocycles. The van der Waals surface area contributed by atoms with Gasteiger partial charge in [0.1, 0.15) is 0 Å². The molecule has 6 heteroatoms. The first-order chi connectivity index (χ1) is 15.7. The predicted octanol–water partition coefficient (Wildman–Crippen LogP) is 2.80. The van der Waals surface area contributed by atoms with Crippen molar-refractivity contribution in [3.8, 4) is 11.1 Å². The number of rotatable bonds is 8. The molecule has 0 spiro atoms. The van der Waals surface area contributed by atoms with Crippen LogP contribution in [-0.4, -0.2) is 47.4 Å². The average Bonchev–Trinajstić information content (AvgIpc) is 2.83. The summed E-state index contributed by atoms with van der Waals surface area (Å²) in [6.45, 7) is 2.50. The van der Waals surface area contributed by atoms with Gasteiger partial charge in [0.15, 0.2) is 0 Å². The highest BCUT2D eigenvalue weighted by atomic mass is 16.2. The van der Waals surface area contributed by atoms with Crippen LogP contribution >= 0.6 is 0 Å². The van der Waals surface area contributed by atoms with Crippen LogP contribution in [0.4, 0.5) is 0 Å². The fraction of sp³-hybridized carbons (Fsp3) is 0.269. The van der Waals surface area contributed by atoms with Gasteiger partial charge in [-0.2, -0.15) is 0 Å². The molecule has 2 aromatic carbocycles. The van der Waals surface area contributed by atoms with Crippen LogP contribution in [0.3, 0.4) is 0 Å². The van der Waals surface area contributed by atoms with Crippen LogP contribution in [0.25, 0.3) is 11.1 Å². The quantitative estimate of drug-likeness (QED) is 0.579. The summed E-state index contributed by atoms with van der Waals surface area (Å²) in [6.07, 6.45) is 4.38. The minimum Gasteiger partial charge on any atom is -0.356 e. The number of benzene rings is 2. The Morgan fingerprint density at radius 3 is 2.44 bits per heavy atom. The van der Waals surface area contributed by atoms with Crippen molar-refractivity contribution in [1.82, 2.24) is 20.5 Å². The van der Waals surface area contributed by atoms with E-state index in [-0.39, 0.29) is 18.2 Å². The molecule has 0 aliphatic carbocycles. The van der Waals surface area contributed by atoms with Gasteiger partial charge >= 0.3 is 0 Å². The van der Waals surface area contributed by atoms with Crippen LogP contribution in [0.5, 0.6) is 0 Å². The van der Waals surface area contributed by atoms with Crippen LogP contribution in [-0.2, 0) is 22.6 Å². The third-order valence-electron chi connectivity index (χ3n) is 5.75. The Bertz CT molecular complexity index is 1020. The van der Waals surface area contributed by atoms with Crippen LogP contribution in [0, 0.1) is 0 Å². The van der Waals surface area contributed by atoms with Crippen LogP contribution < -0.4 is 10.6 Å². The molecule has 164 valence electrons. The number of carbonyl (C=O) groups is 2. The number of pyridine rings is 1. The van der Waals surface area contributed by atoms with Gasteiger partial charge in [0.05, 0.1) is 12.5 Å². The van der Waals surface area contributed by atoms with Crippen molar-refractivity contribution in [2.45, 2.75) is 25.4 Å². The third-order valence-corrected chi connectivity index (χ3v) is 5.75. The number of aromatic nitrogens is 1. The molecular weight excluding hydrogens is 400 g/mol. The zero-order valence-corrected chi connectivity index (χ0v) is 18.0. The molecule has 2 amide bonds. The third kappa shape index (κ3) is 5.80. The highest BCUT2D eigenvalue weighted by Crippen LogP contribution is 2.21. The highest BCUT2D eigenvalue weighted by Gasteiger charge is 2.31. The van der Waals surface area contributed by atoms with E-state index in [9.17, 15) is 9.59 Å². The second-order valence-electron chi connectivity index (χ2n) is 8.00. The van der Waals surface area contributed by atoms with E-state index >= 15 is 0 Å². The zero-order valence-electron chi connectivity index (χ0n) is 18.0. The van der Waals surface area contributed by atoms with Gasteiger partial charge in [-0.15, -0.1) is 0 Å². The Hall–Kier alpha value is -3.51. The maximum absolute atomic E-state index is 12.5. The van der Waals surface area contributed by atoms with Gasteiger partial charge in [-0.25, -0.2) is 0 Å². The van der Waals surface area contributed by atoms with Crippen LogP contribution in [0.1, 0.15) is 17.5 Å². The van der Waals surface area contributed by atoms with Gasteiger partial charge < -0.3 is 10.6 Å². The van der Waals surface area contributed by atoms with Crippen molar-refractivity contribution in [2.75, 3.05) is 19.6 Å². The van der Waals surface area contributed by atoms with E-state index in [2.05, 4.69) is 56.9 Å². The first-order valence-corrected chi connectivity index (χ1v) is 11.0. The largest absolute Gasteiger partial charge is 0.356 e. The number of carbonyl (C=O) groups excluding carboxylic acids is 2. The van der Waals surface area contributed by atoms with E-state index in [1.165, 1.54) is 5.56 Å². The Labute approximate surface area is 188 Å². The highest BCUT2D eigenvalue weighted by molar-refractivity contribution is 5.88. The minimum atomic E-state index is -0.460. The second-order valence-corrected chi connectivity index (χ2v) is 8.00. The predicted molar refractivity (Wildman–Crippen MR) is 125 cm³/mol. The molecule has 1 atom stereocenters. The molecule has 1 fully saturated rings. The SMILES string of the molecule is O=C(CC1C(=O)NCCN1Cc1ccc(-c2ccccc2)cc1)NCCc1ccncc1. The molecular formula is C26H28N4O2. The van der Waals surface area contributed by atoms with Crippen molar-refractivity contribution in [3.63, 3.8) is 0 Å². The summed E-state index contributed by atoms with van der Waals surface area (Å²) in [7, 11) is 0. The lowest BCUT2D eigenvalue weighted by molar-refractivity contribution is -0.134. The van der Waals surface area contributed by atoms with Gasteiger partial charge in [0, 0.05) is 38.6 Å². The van der Waals surface area contributed by atoms with Gasteiger partial charge in [0.2, 0.25) is 11.8 Å². The molecule has 32 heavy (non-hydrogen) atoms. The lowest BCUT2D eigenvalue weighted by Crippen LogP contribution is -2.56. The average molecular weight is 429 g/mol. The molecule has 0 radical (unpaired) electrons. The molecule has 1 unspecified atom stereocenters. The maximum atomic E-state index is 12.5. The fourth-order valence-electron chi connectivity index (χ4n) is 3.98. The summed E-state index contributed by atoms with van der Waals surface area (Å²) in [5, 5.41) is 5.84. The smallest absolute Gasteiger partial charge is 0.237 e. The number of nitrogens with one attached hydrogen (secondary N) is 2. The number of nitrogens with zero attached hydrogens (tertiary/aromatic N) is 2. The van der Waals surface area contributed by atoms with Gasteiger partial charge in [-0.3, -0.25) is 19.5 Å². The first-order valence-electron chi connectivity index (χ1n) is 11.0. The Morgan fingerprint density at radius 2 is 1.69 bits per heavy atom. The molecule has 1 saturated heterocycles. The Kier molecular flexibility index (Phi) is 7.25. The zero-order chi connectivity index (χ0) is 22.2. The van der Waals surface area contributed by atoms with Crippen LogP contribution in [0.15, 0.2) is 79.1 Å². The molecule has 1 aromatic heterocycles. The molecule has 2 N–H and O–H groups in total. The van der Waals surface area contributed by atoms with Crippen molar-refractivity contribution >= 4 is 11.8 Å². The van der Waals surface area contributed by atoms with Gasteiger partial charge in [-0.05, 0) is 40.8 Å².